The minimum absolute atomic E-state index is 0.0281. The maximum absolute atomic E-state index is 12.1. The van der Waals surface area contributed by atoms with Crippen LogP contribution in [-0.2, 0) is 35.2 Å². The highest BCUT2D eigenvalue weighted by Gasteiger charge is 2.24. The lowest BCUT2D eigenvalue weighted by atomic mass is 10.2. The molecule has 0 N–H and O–H groups in total. The van der Waals surface area contributed by atoms with Gasteiger partial charge in [-0.05, 0) is 36.8 Å². The summed E-state index contributed by atoms with van der Waals surface area (Å²) in [6.45, 7) is 2.37. The molecule has 0 aliphatic heterocycles. The summed E-state index contributed by atoms with van der Waals surface area (Å²) < 4.78 is 40.5. The van der Waals surface area contributed by atoms with Crippen LogP contribution in [0.25, 0.3) is 0 Å². The zero-order valence-corrected chi connectivity index (χ0v) is 17.2. The Labute approximate surface area is 167 Å². The summed E-state index contributed by atoms with van der Waals surface area (Å²) in [6, 6.07) is 15.7. The molecule has 0 amide bonds. The van der Waals surface area contributed by atoms with Crippen LogP contribution in [0.5, 0.6) is 0 Å². The predicted octanol–water partition coefficient (Wildman–Crippen LogP) is 3.69. The third-order valence-electron chi connectivity index (χ3n) is 3.49. The predicted molar refractivity (Wildman–Crippen MR) is 104 cm³/mol. The van der Waals surface area contributed by atoms with E-state index in [0.29, 0.717) is 19.6 Å². The molecule has 0 saturated heterocycles. The van der Waals surface area contributed by atoms with Crippen LogP contribution in [0.4, 0.5) is 0 Å². The van der Waals surface area contributed by atoms with E-state index in [1.54, 1.807) is 12.1 Å². The molecule has 8 heteroatoms. The van der Waals surface area contributed by atoms with Crippen LogP contribution in [0.15, 0.2) is 64.0 Å². The van der Waals surface area contributed by atoms with Gasteiger partial charge in [0.25, 0.3) is 10.1 Å². The molecule has 0 aliphatic rings. The van der Waals surface area contributed by atoms with Gasteiger partial charge in [0.1, 0.15) is 0 Å². The van der Waals surface area contributed by atoms with Crippen molar-refractivity contribution < 1.29 is 26.9 Å². The molecule has 2 aromatic carbocycles. The van der Waals surface area contributed by atoms with Gasteiger partial charge in [-0.2, -0.15) is 8.42 Å². The van der Waals surface area contributed by atoms with E-state index in [4.69, 9.17) is 13.7 Å². The number of rotatable bonds is 10. The average Bonchev–Trinajstić information content (AvgIpc) is 2.65. The first-order valence-corrected chi connectivity index (χ1v) is 10.6. The zero-order chi connectivity index (χ0) is 19.7. The van der Waals surface area contributed by atoms with Crippen molar-refractivity contribution in [2.24, 2.45) is 0 Å². The van der Waals surface area contributed by atoms with E-state index < -0.39 is 22.2 Å². The standard InChI is InChI=1S/C19H21BrO6S/c1-15(26-27(22,23)18-10-8-17(20)9-11-18)19(21)25-13-5-12-24-14-16-6-3-2-4-7-16/h2-4,6-11,15H,5,12-14H2,1H3. The van der Waals surface area contributed by atoms with E-state index in [2.05, 4.69) is 15.9 Å². The van der Waals surface area contributed by atoms with E-state index >= 15 is 0 Å². The minimum atomic E-state index is -4.04. The molecule has 146 valence electrons. The maximum Gasteiger partial charge on any atom is 0.336 e. The molecule has 0 heterocycles. The Morgan fingerprint density at radius 1 is 1.04 bits per heavy atom. The fourth-order valence-corrected chi connectivity index (χ4v) is 3.40. The largest absolute Gasteiger partial charge is 0.464 e. The fourth-order valence-electron chi connectivity index (χ4n) is 2.10. The smallest absolute Gasteiger partial charge is 0.336 e. The molecular weight excluding hydrogens is 436 g/mol. The van der Waals surface area contributed by atoms with Crippen molar-refractivity contribution in [3.05, 3.63) is 64.6 Å². The summed E-state index contributed by atoms with van der Waals surface area (Å²) in [4.78, 5) is 11.9. The van der Waals surface area contributed by atoms with Crippen molar-refractivity contribution in [2.75, 3.05) is 13.2 Å². The molecule has 0 bridgehead atoms. The van der Waals surface area contributed by atoms with Gasteiger partial charge in [0.05, 0.1) is 24.7 Å². The Kier molecular flexibility index (Phi) is 8.43. The first-order valence-electron chi connectivity index (χ1n) is 8.35. The summed E-state index contributed by atoms with van der Waals surface area (Å²) in [5, 5.41) is 0. The third-order valence-corrected chi connectivity index (χ3v) is 5.41. The van der Waals surface area contributed by atoms with Crippen LogP contribution >= 0.6 is 15.9 Å². The summed E-state index contributed by atoms with van der Waals surface area (Å²) in [5.74, 6) is -0.737. The molecule has 0 aliphatic carbocycles. The van der Waals surface area contributed by atoms with Crippen LogP contribution in [0, 0.1) is 0 Å². The highest BCUT2D eigenvalue weighted by molar-refractivity contribution is 9.10. The molecule has 6 nitrogen and oxygen atoms in total. The van der Waals surface area contributed by atoms with Crippen LogP contribution < -0.4 is 0 Å². The molecule has 0 aromatic heterocycles. The van der Waals surface area contributed by atoms with Gasteiger partial charge in [-0.15, -0.1) is 0 Å². The Morgan fingerprint density at radius 2 is 1.70 bits per heavy atom. The summed E-state index contributed by atoms with van der Waals surface area (Å²) in [7, 11) is -4.04. The van der Waals surface area contributed by atoms with Crippen LogP contribution in [0.3, 0.4) is 0 Å². The maximum atomic E-state index is 12.1. The zero-order valence-electron chi connectivity index (χ0n) is 14.8. The van der Waals surface area contributed by atoms with Crippen LogP contribution in [0.2, 0.25) is 0 Å². The Balaban J connectivity index is 1.68. The number of esters is 1. The summed E-state index contributed by atoms with van der Waals surface area (Å²) >= 11 is 3.23. The fraction of sp³-hybridized carbons (Fsp3) is 0.316. The van der Waals surface area contributed by atoms with E-state index in [1.807, 2.05) is 30.3 Å². The molecule has 2 aromatic rings. The Bertz CT molecular complexity index is 821. The second kappa shape index (κ2) is 10.6. The first kappa shape index (κ1) is 21.6. The molecule has 0 radical (unpaired) electrons. The quantitative estimate of drug-likeness (QED) is 0.308. The Morgan fingerprint density at radius 3 is 2.37 bits per heavy atom. The van der Waals surface area contributed by atoms with E-state index in [1.165, 1.54) is 19.1 Å². The number of hydrogen-bond acceptors (Lipinski definition) is 6. The number of hydrogen-bond donors (Lipinski definition) is 0. The highest BCUT2D eigenvalue weighted by Crippen LogP contribution is 2.18. The first-order chi connectivity index (χ1) is 12.9. The molecule has 1 unspecified atom stereocenters. The molecule has 27 heavy (non-hydrogen) atoms. The van der Waals surface area contributed by atoms with Crippen molar-refractivity contribution in [1.29, 1.82) is 0 Å². The number of ether oxygens (including phenoxy) is 2. The summed E-state index contributed by atoms with van der Waals surface area (Å²) in [5.41, 5.74) is 1.06. The van der Waals surface area contributed by atoms with Gasteiger partial charge < -0.3 is 9.47 Å². The summed E-state index contributed by atoms with van der Waals surface area (Å²) in [6.07, 6.45) is -0.728. The van der Waals surface area contributed by atoms with Crippen molar-refractivity contribution in [3.8, 4) is 0 Å². The third kappa shape index (κ3) is 7.42. The van der Waals surface area contributed by atoms with Gasteiger partial charge in [0.15, 0.2) is 6.10 Å². The van der Waals surface area contributed by atoms with Crippen molar-refractivity contribution in [1.82, 2.24) is 0 Å². The number of carbonyl (C=O) groups excluding carboxylic acids is 1. The molecule has 0 saturated carbocycles. The lowest BCUT2D eigenvalue weighted by molar-refractivity contribution is -0.151. The molecule has 1 atom stereocenters. The van der Waals surface area contributed by atoms with E-state index in [0.717, 1.165) is 10.0 Å². The number of carbonyl (C=O) groups is 1. The monoisotopic (exact) mass is 456 g/mol. The molecule has 2 rings (SSSR count). The lowest BCUT2D eigenvalue weighted by Crippen LogP contribution is -2.27. The molecule has 0 fully saturated rings. The van der Waals surface area contributed by atoms with E-state index in [9.17, 15) is 13.2 Å². The van der Waals surface area contributed by atoms with Gasteiger partial charge in [-0.3, -0.25) is 4.18 Å². The topological polar surface area (TPSA) is 78.9 Å². The lowest BCUT2D eigenvalue weighted by Gasteiger charge is -2.13. The normalized spacial score (nSPS) is 12.5. The van der Waals surface area contributed by atoms with Crippen molar-refractivity contribution in [3.63, 3.8) is 0 Å². The van der Waals surface area contributed by atoms with Gasteiger partial charge >= 0.3 is 5.97 Å². The van der Waals surface area contributed by atoms with Crippen LogP contribution in [0.1, 0.15) is 18.9 Å². The molecule has 0 spiro atoms. The van der Waals surface area contributed by atoms with Gasteiger partial charge in [-0.25, -0.2) is 4.79 Å². The van der Waals surface area contributed by atoms with Gasteiger partial charge in [0, 0.05) is 10.9 Å². The molecular formula is C19H21BrO6S. The van der Waals surface area contributed by atoms with Crippen molar-refractivity contribution >= 4 is 32.0 Å². The number of benzene rings is 2. The SMILES string of the molecule is CC(OS(=O)(=O)c1ccc(Br)cc1)C(=O)OCCCOCc1ccccc1. The second-order valence-corrected chi connectivity index (χ2v) is 8.19. The Hall–Kier alpha value is -1.74. The highest BCUT2D eigenvalue weighted by atomic mass is 79.9. The minimum Gasteiger partial charge on any atom is -0.464 e. The van der Waals surface area contributed by atoms with Crippen LogP contribution in [-0.4, -0.2) is 33.7 Å². The van der Waals surface area contributed by atoms with E-state index in [-0.39, 0.29) is 11.5 Å². The number of halogens is 1. The van der Waals surface area contributed by atoms with Gasteiger partial charge in [-0.1, -0.05) is 46.3 Å². The van der Waals surface area contributed by atoms with Gasteiger partial charge in [0.2, 0.25) is 0 Å². The second-order valence-electron chi connectivity index (χ2n) is 5.71. The van der Waals surface area contributed by atoms with Crippen molar-refractivity contribution in [2.45, 2.75) is 31.0 Å². The average molecular weight is 457 g/mol.